The van der Waals surface area contributed by atoms with Gasteiger partial charge >= 0.3 is 5.97 Å². The first kappa shape index (κ1) is 12.4. The number of aliphatic hydroxyl groups excluding tert-OH is 1. The minimum Gasteiger partial charge on any atom is -0.508 e. The summed E-state index contributed by atoms with van der Waals surface area (Å²) < 4.78 is 4.73. The molecule has 0 bridgehead atoms. The van der Waals surface area contributed by atoms with Crippen LogP contribution in [0.4, 0.5) is 0 Å². The molecule has 1 aliphatic rings. The highest BCUT2D eigenvalue weighted by Gasteiger charge is 2.29. The van der Waals surface area contributed by atoms with Gasteiger partial charge in [0, 0.05) is 5.56 Å². The quantitative estimate of drug-likeness (QED) is 0.649. The molecule has 4 heteroatoms. The lowest BCUT2D eigenvalue weighted by Crippen LogP contribution is -1.95. The van der Waals surface area contributed by atoms with Crippen LogP contribution >= 0.6 is 0 Å². The van der Waals surface area contributed by atoms with Gasteiger partial charge < -0.3 is 14.9 Å². The highest BCUT2D eigenvalue weighted by molar-refractivity contribution is 5.94. The Labute approximate surface area is 115 Å². The van der Waals surface area contributed by atoms with Crippen molar-refractivity contribution >= 4 is 18.1 Å². The van der Waals surface area contributed by atoms with Crippen LogP contribution in [0, 0.1) is 0 Å². The number of ether oxygens (including phenoxy) is 1. The van der Waals surface area contributed by atoms with Gasteiger partial charge in [-0.15, -0.1) is 0 Å². The van der Waals surface area contributed by atoms with Crippen molar-refractivity contribution in [1.29, 1.82) is 0 Å². The molecule has 0 amide bonds. The predicted molar refractivity (Wildman–Crippen MR) is 73.9 cm³/mol. The second kappa shape index (κ2) is 4.83. The van der Waals surface area contributed by atoms with E-state index in [1.165, 1.54) is 0 Å². The Bertz CT molecular complexity index is 686. The number of hydrogen-bond donors (Lipinski definition) is 2. The second-order valence-electron chi connectivity index (χ2n) is 4.53. The van der Waals surface area contributed by atoms with E-state index in [4.69, 9.17) is 4.74 Å². The number of carbonyl (C=O) groups is 1. The highest BCUT2D eigenvalue weighted by atomic mass is 16.6. The summed E-state index contributed by atoms with van der Waals surface area (Å²) in [7, 11) is 0. The lowest BCUT2D eigenvalue weighted by molar-refractivity contribution is -0.0547. The molecule has 1 aliphatic heterocycles. The third-order valence-corrected chi connectivity index (χ3v) is 3.14. The summed E-state index contributed by atoms with van der Waals surface area (Å²) in [4.78, 5) is 11.5. The number of aliphatic hydroxyl groups is 1. The van der Waals surface area contributed by atoms with Crippen LogP contribution in [-0.4, -0.2) is 16.2 Å². The van der Waals surface area contributed by atoms with E-state index >= 15 is 0 Å². The van der Waals surface area contributed by atoms with Crippen LogP contribution in [0.2, 0.25) is 0 Å². The number of phenols is 1. The average molecular weight is 268 g/mol. The van der Waals surface area contributed by atoms with Crippen LogP contribution in [0.3, 0.4) is 0 Å². The van der Waals surface area contributed by atoms with Crippen molar-refractivity contribution in [3.05, 3.63) is 64.7 Å². The Kier molecular flexibility index (Phi) is 3.00. The fraction of sp³-hybridized carbons (Fsp3) is 0.0625. The van der Waals surface area contributed by atoms with Gasteiger partial charge in [0.25, 0.3) is 0 Å². The highest BCUT2D eigenvalue weighted by Crippen LogP contribution is 2.29. The van der Waals surface area contributed by atoms with Crippen LogP contribution in [-0.2, 0) is 4.74 Å². The molecule has 0 spiro atoms. The number of fused-ring (bicyclic) bond motifs is 1. The molecule has 20 heavy (non-hydrogen) atoms. The Morgan fingerprint density at radius 2 is 1.65 bits per heavy atom. The first-order chi connectivity index (χ1) is 9.63. The summed E-state index contributed by atoms with van der Waals surface area (Å²) in [5.41, 5.74) is 2.66. The molecular weight excluding hydrogens is 256 g/mol. The van der Waals surface area contributed by atoms with E-state index in [0.29, 0.717) is 11.1 Å². The number of carbonyl (C=O) groups excluding carboxylic acids is 1. The Hall–Kier alpha value is -2.59. The lowest BCUT2D eigenvalue weighted by Gasteiger charge is -2.01. The first-order valence-electron chi connectivity index (χ1n) is 6.13. The van der Waals surface area contributed by atoms with Gasteiger partial charge in [-0.3, -0.25) is 0 Å². The van der Waals surface area contributed by atoms with Gasteiger partial charge in [-0.05, 0) is 29.3 Å². The van der Waals surface area contributed by atoms with Gasteiger partial charge in [-0.2, -0.15) is 0 Å². The molecule has 1 heterocycles. The third-order valence-electron chi connectivity index (χ3n) is 3.14. The van der Waals surface area contributed by atoms with Crippen LogP contribution < -0.4 is 0 Å². The van der Waals surface area contributed by atoms with E-state index in [0.717, 1.165) is 11.1 Å². The van der Waals surface area contributed by atoms with Crippen molar-refractivity contribution in [2.75, 3.05) is 0 Å². The molecule has 0 radical (unpaired) electrons. The molecule has 3 rings (SSSR count). The van der Waals surface area contributed by atoms with Gasteiger partial charge in [-0.1, -0.05) is 36.4 Å². The maximum absolute atomic E-state index is 11.5. The molecule has 2 N–H and O–H groups in total. The Morgan fingerprint density at radius 3 is 2.40 bits per heavy atom. The van der Waals surface area contributed by atoms with E-state index in [1.807, 2.05) is 12.2 Å². The number of cyclic esters (lactones) is 1. The summed E-state index contributed by atoms with van der Waals surface area (Å²) >= 11 is 0. The smallest absolute Gasteiger partial charge is 0.341 e. The van der Waals surface area contributed by atoms with Crippen LogP contribution in [0.15, 0.2) is 42.5 Å². The van der Waals surface area contributed by atoms with Gasteiger partial charge in [0.05, 0.1) is 5.56 Å². The van der Waals surface area contributed by atoms with Gasteiger partial charge in [0.1, 0.15) is 5.75 Å². The number of phenolic OH excluding ortho intramolecular Hbond substituents is 1. The topological polar surface area (TPSA) is 66.8 Å². The number of esters is 1. The summed E-state index contributed by atoms with van der Waals surface area (Å²) in [6.45, 7) is 0. The van der Waals surface area contributed by atoms with Crippen LogP contribution in [0.25, 0.3) is 12.2 Å². The minimum absolute atomic E-state index is 0.219. The molecule has 1 unspecified atom stereocenters. The fourth-order valence-corrected chi connectivity index (χ4v) is 2.08. The first-order valence-corrected chi connectivity index (χ1v) is 6.13. The molecular formula is C16H12O4. The number of aromatic hydroxyl groups is 1. The van der Waals surface area contributed by atoms with Gasteiger partial charge in [0.2, 0.25) is 6.29 Å². The molecule has 0 fully saturated rings. The van der Waals surface area contributed by atoms with Crippen molar-refractivity contribution in [2.45, 2.75) is 6.29 Å². The summed E-state index contributed by atoms with van der Waals surface area (Å²) in [5.74, 6) is -0.288. The second-order valence-corrected chi connectivity index (χ2v) is 4.53. The van der Waals surface area contributed by atoms with E-state index < -0.39 is 12.3 Å². The average Bonchev–Trinajstić information content (AvgIpc) is 2.73. The minimum atomic E-state index is -1.16. The Balaban J connectivity index is 1.87. The predicted octanol–water partition coefficient (Wildman–Crippen LogP) is 2.72. The fourth-order valence-electron chi connectivity index (χ4n) is 2.08. The number of hydrogen-bond acceptors (Lipinski definition) is 4. The summed E-state index contributed by atoms with van der Waals surface area (Å²) in [6.07, 6.45) is 2.57. The standard InChI is InChI=1S/C16H12O4/c17-12-6-3-10(4-7-12)1-2-11-5-8-13-14(9-11)16(19)20-15(13)18/h1-9,15,17-18H. The zero-order valence-electron chi connectivity index (χ0n) is 10.5. The molecule has 100 valence electrons. The molecule has 0 aliphatic carbocycles. The van der Waals surface area contributed by atoms with Crippen molar-refractivity contribution in [1.82, 2.24) is 0 Å². The van der Waals surface area contributed by atoms with Crippen LogP contribution in [0.5, 0.6) is 5.75 Å². The largest absolute Gasteiger partial charge is 0.508 e. The molecule has 4 nitrogen and oxygen atoms in total. The summed E-state index contributed by atoms with van der Waals surface area (Å²) in [5, 5.41) is 18.7. The molecule has 1 atom stereocenters. The molecule has 0 saturated carbocycles. The number of rotatable bonds is 2. The van der Waals surface area contributed by atoms with E-state index in [9.17, 15) is 15.0 Å². The van der Waals surface area contributed by atoms with Crippen molar-refractivity contribution in [3.63, 3.8) is 0 Å². The van der Waals surface area contributed by atoms with E-state index in [2.05, 4.69) is 0 Å². The maximum Gasteiger partial charge on any atom is 0.341 e. The van der Waals surface area contributed by atoms with Crippen molar-refractivity contribution < 1.29 is 19.7 Å². The molecule has 2 aromatic rings. The molecule has 0 aromatic heterocycles. The van der Waals surface area contributed by atoms with Gasteiger partial charge in [-0.25, -0.2) is 4.79 Å². The van der Waals surface area contributed by atoms with Crippen molar-refractivity contribution in [2.24, 2.45) is 0 Å². The van der Waals surface area contributed by atoms with Crippen LogP contribution in [0.1, 0.15) is 33.3 Å². The van der Waals surface area contributed by atoms with E-state index in [1.54, 1.807) is 42.5 Å². The zero-order valence-corrected chi connectivity index (χ0v) is 10.5. The van der Waals surface area contributed by atoms with Gasteiger partial charge in [0.15, 0.2) is 0 Å². The van der Waals surface area contributed by atoms with E-state index in [-0.39, 0.29) is 5.75 Å². The Morgan fingerprint density at radius 1 is 1.00 bits per heavy atom. The maximum atomic E-state index is 11.5. The van der Waals surface area contributed by atoms with Crippen molar-refractivity contribution in [3.8, 4) is 5.75 Å². The monoisotopic (exact) mass is 268 g/mol. The SMILES string of the molecule is O=C1OC(O)c2ccc(C=Cc3ccc(O)cc3)cc21. The molecule has 2 aromatic carbocycles. The summed E-state index contributed by atoms with van der Waals surface area (Å²) in [6, 6.07) is 12.0. The number of benzene rings is 2. The zero-order chi connectivity index (χ0) is 14.1. The molecule has 0 saturated heterocycles. The lowest BCUT2D eigenvalue weighted by atomic mass is 10.0. The normalized spacial score (nSPS) is 17.2. The third kappa shape index (κ3) is 2.29.